The van der Waals surface area contributed by atoms with Crippen LogP contribution in [0.1, 0.15) is 42.5 Å². The molecule has 0 unspecified atom stereocenters. The summed E-state index contributed by atoms with van der Waals surface area (Å²) >= 11 is 0. The van der Waals surface area contributed by atoms with E-state index in [1.165, 1.54) is 11.3 Å². The molecule has 2 aromatic rings. The maximum Gasteiger partial charge on any atom is 0.262 e. The van der Waals surface area contributed by atoms with Crippen LogP contribution >= 0.6 is 0 Å². The van der Waals surface area contributed by atoms with E-state index in [0.29, 0.717) is 23.8 Å². The summed E-state index contributed by atoms with van der Waals surface area (Å²) in [5.74, 6) is 1.05. The van der Waals surface area contributed by atoms with Crippen LogP contribution in [-0.4, -0.2) is 46.6 Å². The Morgan fingerprint density at radius 3 is 2.93 bits per heavy atom. The number of nitrogens with zero attached hydrogens (tertiary/aromatic N) is 2. The fourth-order valence-electron chi connectivity index (χ4n) is 3.90. The highest BCUT2D eigenvalue weighted by atomic mass is 16.5. The first kappa shape index (κ1) is 17.6. The number of aromatic amines is 1. The van der Waals surface area contributed by atoms with Crippen LogP contribution in [0.15, 0.2) is 24.4 Å². The van der Waals surface area contributed by atoms with Gasteiger partial charge in [-0.1, -0.05) is 13.0 Å². The number of aryl methyl sites for hydroxylation is 1. The Bertz CT molecular complexity index is 853. The summed E-state index contributed by atoms with van der Waals surface area (Å²) in [5.41, 5.74) is 4.03. The first-order valence-corrected chi connectivity index (χ1v) is 9.49. The predicted molar refractivity (Wildman–Crippen MR) is 101 cm³/mol. The highest BCUT2D eigenvalue weighted by Gasteiger charge is 2.26. The lowest BCUT2D eigenvalue weighted by Gasteiger charge is -2.32. The number of carbonyl (C=O) groups is 2. The van der Waals surface area contributed by atoms with Crippen molar-refractivity contribution in [1.82, 2.24) is 15.1 Å². The second-order valence-electron chi connectivity index (χ2n) is 7.16. The first-order valence-electron chi connectivity index (χ1n) is 9.49. The summed E-state index contributed by atoms with van der Waals surface area (Å²) in [6, 6.07) is 5.53. The number of hydrogen-bond acceptors (Lipinski definition) is 4. The smallest absolute Gasteiger partial charge is 0.262 e. The molecule has 142 valence electrons. The molecular weight excluding hydrogens is 344 g/mol. The molecule has 7 nitrogen and oxygen atoms in total. The van der Waals surface area contributed by atoms with Crippen LogP contribution in [0, 0.1) is 0 Å². The molecule has 2 aliphatic rings. The van der Waals surface area contributed by atoms with Gasteiger partial charge in [0.25, 0.3) is 5.91 Å². The minimum Gasteiger partial charge on any atom is -0.482 e. The van der Waals surface area contributed by atoms with Crippen LogP contribution < -0.4 is 10.1 Å². The summed E-state index contributed by atoms with van der Waals surface area (Å²) < 4.78 is 5.36. The lowest BCUT2D eigenvalue weighted by molar-refractivity contribution is -0.131. The third-order valence-electron chi connectivity index (χ3n) is 5.42. The molecule has 0 saturated carbocycles. The summed E-state index contributed by atoms with van der Waals surface area (Å²) in [7, 11) is 0. The maximum atomic E-state index is 12.7. The van der Waals surface area contributed by atoms with Crippen molar-refractivity contribution in [1.29, 1.82) is 0 Å². The van der Waals surface area contributed by atoms with Gasteiger partial charge in [-0.05, 0) is 42.5 Å². The molecule has 0 bridgehead atoms. The Balaban J connectivity index is 1.36. The molecule has 2 N–H and O–H groups in total. The Morgan fingerprint density at radius 2 is 2.15 bits per heavy atom. The lowest BCUT2D eigenvalue weighted by Crippen LogP contribution is -2.39. The Labute approximate surface area is 158 Å². The standard InChI is InChI=1S/C20H24N4O3/c1-2-14-11-21-23-20(14)15-5-7-24(8-6-15)19(26)10-13-3-4-17-16(9-13)22-18(25)12-27-17/h3-4,9,11,15H,2,5-8,10,12H2,1H3,(H,21,23)(H,22,25). The van der Waals surface area contributed by atoms with Gasteiger partial charge in [0.2, 0.25) is 5.91 Å². The number of amides is 2. The highest BCUT2D eigenvalue weighted by molar-refractivity contribution is 5.95. The second-order valence-corrected chi connectivity index (χ2v) is 7.16. The van der Waals surface area contributed by atoms with Crippen LogP contribution in [0.5, 0.6) is 5.75 Å². The minimum absolute atomic E-state index is 0.0380. The van der Waals surface area contributed by atoms with E-state index in [2.05, 4.69) is 22.4 Å². The van der Waals surface area contributed by atoms with Crippen LogP contribution in [0.4, 0.5) is 5.69 Å². The molecule has 0 atom stereocenters. The fraction of sp³-hybridized carbons (Fsp3) is 0.450. The number of piperidine rings is 1. The van der Waals surface area contributed by atoms with Gasteiger partial charge >= 0.3 is 0 Å². The number of likely N-dealkylation sites (tertiary alicyclic amines) is 1. The number of carbonyl (C=O) groups excluding carboxylic acids is 2. The number of H-pyrrole nitrogens is 1. The molecule has 27 heavy (non-hydrogen) atoms. The van der Waals surface area contributed by atoms with E-state index in [1.807, 2.05) is 29.3 Å². The zero-order valence-electron chi connectivity index (χ0n) is 15.5. The van der Waals surface area contributed by atoms with Crippen molar-refractivity contribution in [2.24, 2.45) is 0 Å². The van der Waals surface area contributed by atoms with Gasteiger partial charge in [0.1, 0.15) is 5.75 Å². The predicted octanol–water partition coefficient (Wildman–Crippen LogP) is 2.25. The van der Waals surface area contributed by atoms with Crippen molar-refractivity contribution in [2.45, 2.75) is 38.5 Å². The normalized spacial score (nSPS) is 17.2. The largest absolute Gasteiger partial charge is 0.482 e. The van der Waals surface area contributed by atoms with Crippen LogP contribution in [0.25, 0.3) is 0 Å². The number of hydrogen-bond donors (Lipinski definition) is 2. The van der Waals surface area contributed by atoms with Gasteiger partial charge < -0.3 is 15.0 Å². The molecule has 0 radical (unpaired) electrons. The van der Waals surface area contributed by atoms with E-state index in [-0.39, 0.29) is 18.4 Å². The van der Waals surface area contributed by atoms with Crippen LogP contribution in [0.3, 0.4) is 0 Å². The molecule has 0 spiro atoms. The second kappa shape index (κ2) is 7.42. The van der Waals surface area contributed by atoms with E-state index in [9.17, 15) is 9.59 Å². The Morgan fingerprint density at radius 1 is 1.33 bits per heavy atom. The summed E-state index contributed by atoms with van der Waals surface area (Å²) in [4.78, 5) is 26.1. The van der Waals surface area contributed by atoms with E-state index in [1.54, 1.807) is 0 Å². The first-order chi connectivity index (χ1) is 13.1. The van der Waals surface area contributed by atoms with Gasteiger partial charge in [0, 0.05) is 24.7 Å². The van der Waals surface area contributed by atoms with Crippen molar-refractivity contribution in [3.63, 3.8) is 0 Å². The number of nitrogens with one attached hydrogen (secondary N) is 2. The van der Waals surface area contributed by atoms with Gasteiger partial charge in [-0.15, -0.1) is 0 Å². The number of benzene rings is 1. The number of fused-ring (bicyclic) bond motifs is 1. The van der Waals surface area contributed by atoms with Gasteiger partial charge in [0.05, 0.1) is 18.3 Å². The average Bonchev–Trinajstić information content (AvgIpc) is 3.16. The van der Waals surface area contributed by atoms with Crippen molar-refractivity contribution in [2.75, 3.05) is 25.0 Å². The van der Waals surface area contributed by atoms with Crippen molar-refractivity contribution in [3.05, 3.63) is 41.2 Å². The minimum atomic E-state index is -0.168. The molecule has 1 saturated heterocycles. The van der Waals surface area contributed by atoms with Crippen LogP contribution in [0.2, 0.25) is 0 Å². The third kappa shape index (κ3) is 3.67. The molecule has 1 aromatic carbocycles. The SMILES string of the molecule is CCc1cn[nH]c1C1CCN(C(=O)Cc2ccc3c(c2)NC(=O)CO3)CC1. The quantitative estimate of drug-likeness (QED) is 0.866. The Hall–Kier alpha value is -2.83. The van der Waals surface area contributed by atoms with Gasteiger partial charge in [0.15, 0.2) is 6.61 Å². The van der Waals surface area contributed by atoms with Crippen molar-refractivity contribution in [3.8, 4) is 5.75 Å². The molecule has 4 rings (SSSR count). The lowest BCUT2D eigenvalue weighted by atomic mass is 9.90. The van der Waals surface area contributed by atoms with Crippen molar-refractivity contribution >= 4 is 17.5 Å². The third-order valence-corrected chi connectivity index (χ3v) is 5.42. The summed E-state index contributed by atoms with van der Waals surface area (Å²) in [5, 5.41) is 10.1. The molecule has 2 aliphatic heterocycles. The Kier molecular flexibility index (Phi) is 4.83. The zero-order valence-corrected chi connectivity index (χ0v) is 15.5. The monoisotopic (exact) mass is 368 g/mol. The fourth-order valence-corrected chi connectivity index (χ4v) is 3.90. The van der Waals surface area contributed by atoms with E-state index in [0.717, 1.165) is 37.9 Å². The van der Waals surface area contributed by atoms with Crippen molar-refractivity contribution < 1.29 is 14.3 Å². The highest BCUT2D eigenvalue weighted by Crippen LogP contribution is 2.31. The summed E-state index contributed by atoms with van der Waals surface area (Å²) in [6.07, 6.45) is 5.12. The van der Waals surface area contributed by atoms with Gasteiger partial charge in [-0.3, -0.25) is 14.7 Å². The topological polar surface area (TPSA) is 87.3 Å². The van der Waals surface area contributed by atoms with E-state index >= 15 is 0 Å². The molecule has 1 fully saturated rings. The van der Waals surface area contributed by atoms with E-state index < -0.39 is 0 Å². The van der Waals surface area contributed by atoms with Gasteiger partial charge in [-0.2, -0.15) is 5.10 Å². The number of anilines is 1. The zero-order chi connectivity index (χ0) is 18.8. The number of aromatic nitrogens is 2. The molecule has 0 aliphatic carbocycles. The maximum absolute atomic E-state index is 12.7. The summed E-state index contributed by atoms with van der Waals surface area (Å²) in [6.45, 7) is 3.70. The molecule has 2 amide bonds. The van der Waals surface area contributed by atoms with Crippen LogP contribution in [-0.2, 0) is 22.4 Å². The number of ether oxygens (including phenoxy) is 1. The molecule has 7 heteroatoms. The molecule has 1 aromatic heterocycles. The number of rotatable bonds is 4. The van der Waals surface area contributed by atoms with Gasteiger partial charge in [-0.25, -0.2) is 0 Å². The molecular formula is C20H24N4O3. The average molecular weight is 368 g/mol. The molecule has 3 heterocycles. The van der Waals surface area contributed by atoms with E-state index in [4.69, 9.17) is 4.74 Å².